The fourth-order valence-corrected chi connectivity index (χ4v) is 4.59. The van der Waals surface area contributed by atoms with Crippen LogP contribution >= 0.6 is 0 Å². The number of hydrogen-bond acceptors (Lipinski definition) is 5. The number of hydrogen-bond donors (Lipinski definition) is 1. The zero-order valence-corrected chi connectivity index (χ0v) is 18.7. The van der Waals surface area contributed by atoms with E-state index in [2.05, 4.69) is 4.72 Å². The van der Waals surface area contributed by atoms with Crippen LogP contribution in [0.25, 0.3) is 0 Å². The summed E-state index contributed by atoms with van der Waals surface area (Å²) in [6.07, 6.45) is -4.48. The molecule has 1 saturated heterocycles. The normalized spacial score (nSPS) is 14.9. The van der Waals surface area contributed by atoms with Crippen LogP contribution < -0.4 is 9.62 Å². The molecule has 0 bridgehead atoms. The highest BCUT2D eigenvalue weighted by atomic mass is 32.2. The fraction of sp³-hybridized carbons (Fsp3) is 0.364. The zero-order valence-electron chi connectivity index (χ0n) is 17.9. The molecule has 7 nitrogen and oxygen atoms in total. The molecule has 2 aromatic carbocycles. The standard InChI is InChI=1S/C22H24F3N3O4S/c1-16(29)17-4-2-7-20(14-17)33(31,32)26-9-8-21(30)28-12-10-27(11-13-28)19-6-3-5-18(15-19)22(23,24)25/h2-7,14-15,26H,8-13H2,1H3. The predicted molar refractivity (Wildman–Crippen MR) is 116 cm³/mol. The summed E-state index contributed by atoms with van der Waals surface area (Å²) in [6, 6.07) is 10.7. The molecule has 0 atom stereocenters. The Kier molecular flexibility index (Phi) is 7.43. The maximum Gasteiger partial charge on any atom is 0.416 e. The summed E-state index contributed by atoms with van der Waals surface area (Å²) in [5.74, 6) is -0.509. The van der Waals surface area contributed by atoms with Gasteiger partial charge in [0.25, 0.3) is 0 Å². The lowest BCUT2D eigenvalue weighted by molar-refractivity contribution is -0.137. The molecule has 33 heavy (non-hydrogen) atoms. The van der Waals surface area contributed by atoms with E-state index in [0.29, 0.717) is 31.9 Å². The molecule has 1 aliphatic rings. The van der Waals surface area contributed by atoms with Crippen LogP contribution in [0.4, 0.5) is 18.9 Å². The smallest absolute Gasteiger partial charge is 0.368 e. The van der Waals surface area contributed by atoms with Gasteiger partial charge < -0.3 is 9.80 Å². The number of anilines is 1. The Morgan fingerprint density at radius 2 is 1.67 bits per heavy atom. The van der Waals surface area contributed by atoms with Gasteiger partial charge >= 0.3 is 6.18 Å². The van der Waals surface area contributed by atoms with Crippen LogP contribution in [0.2, 0.25) is 0 Å². The van der Waals surface area contributed by atoms with Gasteiger partial charge in [0.15, 0.2) is 5.78 Å². The number of carbonyl (C=O) groups excluding carboxylic acids is 2. The number of nitrogens with one attached hydrogen (secondary N) is 1. The van der Waals surface area contributed by atoms with Crippen molar-refractivity contribution in [1.82, 2.24) is 9.62 Å². The topological polar surface area (TPSA) is 86.8 Å². The first-order valence-electron chi connectivity index (χ1n) is 10.3. The van der Waals surface area contributed by atoms with Crippen LogP contribution in [0.15, 0.2) is 53.4 Å². The monoisotopic (exact) mass is 483 g/mol. The lowest BCUT2D eigenvalue weighted by Gasteiger charge is -2.36. The van der Waals surface area contributed by atoms with Gasteiger partial charge in [0.05, 0.1) is 10.5 Å². The van der Waals surface area contributed by atoms with E-state index < -0.39 is 21.8 Å². The second-order valence-electron chi connectivity index (χ2n) is 7.65. The van der Waals surface area contributed by atoms with Crippen molar-refractivity contribution in [1.29, 1.82) is 0 Å². The van der Waals surface area contributed by atoms with E-state index in [4.69, 9.17) is 0 Å². The molecule has 1 heterocycles. The first-order chi connectivity index (χ1) is 15.5. The molecule has 0 unspecified atom stereocenters. The Labute approximate surface area is 190 Å². The van der Waals surface area contributed by atoms with Gasteiger partial charge in [-0.25, -0.2) is 13.1 Å². The molecule has 1 fully saturated rings. The molecular weight excluding hydrogens is 459 g/mol. The van der Waals surface area contributed by atoms with Crippen LogP contribution in [0, 0.1) is 0 Å². The van der Waals surface area contributed by atoms with Crippen molar-refractivity contribution in [3.05, 3.63) is 59.7 Å². The van der Waals surface area contributed by atoms with Crippen molar-refractivity contribution in [2.24, 2.45) is 0 Å². The highest BCUT2D eigenvalue weighted by Crippen LogP contribution is 2.31. The molecule has 3 rings (SSSR count). The number of alkyl halides is 3. The number of halogens is 3. The molecule has 0 saturated carbocycles. The Balaban J connectivity index is 1.51. The van der Waals surface area contributed by atoms with Crippen molar-refractivity contribution < 1.29 is 31.2 Å². The largest absolute Gasteiger partial charge is 0.416 e. The van der Waals surface area contributed by atoms with Crippen LogP contribution in [-0.2, 0) is 21.0 Å². The Bertz CT molecular complexity index is 1130. The van der Waals surface area contributed by atoms with Gasteiger partial charge in [-0.05, 0) is 37.3 Å². The van der Waals surface area contributed by atoms with E-state index in [1.165, 1.54) is 37.3 Å². The summed E-state index contributed by atoms with van der Waals surface area (Å²) in [5, 5.41) is 0. The number of amides is 1. The van der Waals surface area contributed by atoms with Gasteiger partial charge in [-0.3, -0.25) is 9.59 Å². The summed E-state index contributed by atoms with van der Waals surface area (Å²) < 4.78 is 66.0. The van der Waals surface area contributed by atoms with E-state index in [0.717, 1.165) is 12.1 Å². The summed E-state index contributed by atoms with van der Waals surface area (Å²) in [4.78, 5) is 27.2. The minimum Gasteiger partial charge on any atom is -0.368 e. The third kappa shape index (κ3) is 6.32. The lowest BCUT2D eigenvalue weighted by Crippen LogP contribution is -2.49. The summed E-state index contributed by atoms with van der Waals surface area (Å²) >= 11 is 0. The number of piperazine rings is 1. The quantitative estimate of drug-likeness (QED) is 0.612. The third-order valence-electron chi connectivity index (χ3n) is 5.35. The zero-order chi connectivity index (χ0) is 24.2. The van der Waals surface area contributed by atoms with Crippen molar-refractivity contribution in [2.75, 3.05) is 37.6 Å². The molecule has 1 amide bonds. The molecule has 178 valence electrons. The number of ketones is 1. The van der Waals surface area contributed by atoms with Gasteiger partial charge in [0.2, 0.25) is 15.9 Å². The third-order valence-corrected chi connectivity index (χ3v) is 6.81. The number of sulfonamides is 1. The second kappa shape index (κ2) is 9.92. The van der Waals surface area contributed by atoms with Gasteiger partial charge in [-0.15, -0.1) is 0 Å². The Morgan fingerprint density at radius 1 is 1.00 bits per heavy atom. The molecule has 0 radical (unpaired) electrons. The molecular formula is C22H24F3N3O4S. The predicted octanol–water partition coefficient (Wildman–Crippen LogP) is 2.93. The molecule has 11 heteroatoms. The number of rotatable bonds is 7. The molecule has 1 N–H and O–H groups in total. The van der Waals surface area contributed by atoms with Crippen LogP contribution in [0.3, 0.4) is 0 Å². The van der Waals surface area contributed by atoms with Crippen molar-refractivity contribution in [3.8, 4) is 0 Å². The van der Waals surface area contributed by atoms with Crippen LogP contribution in [-0.4, -0.2) is 57.7 Å². The number of Topliss-reactive ketones (excluding diaryl/α,β-unsaturated/α-hetero) is 1. The molecule has 0 aromatic heterocycles. The average molecular weight is 484 g/mol. The summed E-state index contributed by atoms with van der Waals surface area (Å²) in [7, 11) is -3.88. The second-order valence-corrected chi connectivity index (χ2v) is 9.41. The maximum atomic E-state index is 12.9. The molecule has 1 aliphatic heterocycles. The molecule has 0 aliphatic carbocycles. The van der Waals surface area contributed by atoms with E-state index in [9.17, 15) is 31.2 Å². The van der Waals surface area contributed by atoms with Gasteiger partial charge in [-0.1, -0.05) is 18.2 Å². The SMILES string of the molecule is CC(=O)c1cccc(S(=O)(=O)NCCC(=O)N2CCN(c3cccc(C(F)(F)F)c3)CC2)c1. The van der Waals surface area contributed by atoms with E-state index in [1.807, 2.05) is 0 Å². The minimum atomic E-state index is -4.42. The van der Waals surface area contributed by atoms with Crippen molar-refractivity contribution >= 4 is 27.4 Å². The van der Waals surface area contributed by atoms with Gasteiger partial charge in [0.1, 0.15) is 0 Å². The number of nitrogens with zero attached hydrogens (tertiary/aromatic N) is 2. The Hall–Kier alpha value is -2.92. The van der Waals surface area contributed by atoms with Crippen LogP contribution in [0.5, 0.6) is 0 Å². The van der Waals surface area contributed by atoms with E-state index >= 15 is 0 Å². The first kappa shape index (κ1) is 24.7. The highest BCUT2D eigenvalue weighted by molar-refractivity contribution is 7.89. The number of carbonyl (C=O) groups is 2. The first-order valence-corrected chi connectivity index (χ1v) is 11.8. The van der Waals surface area contributed by atoms with Crippen molar-refractivity contribution in [3.63, 3.8) is 0 Å². The van der Waals surface area contributed by atoms with Gasteiger partial charge in [0, 0.05) is 50.4 Å². The Morgan fingerprint density at radius 3 is 2.30 bits per heavy atom. The van der Waals surface area contributed by atoms with Crippen LogP contribution in [0.1, 0.15) is 29.3 Å². The summed E-state index contributed by atoms with van der Waals surface area (Å²) in [5.41, 5.74) is -0.00954. The maximum absolute atomic E-state index is 12.9. The van der Waals surface area contributed by atoms with E-state index in [-0.39, 0.29) is 35.1 Å². The minimum absolute atomic E-state index is 0.0580. The van der Waals surface area contributed by atoms with Crippen molar-refractivity contribution in [2.45, 2.75) is 24.4 Å². The average Bonchev–Trinajstić information content (AvgIpc) is 2.78. The lowest BCUT2D eigenvalue weighted by atomic mass is 10.1. The summed E-state index contributed by atoms with van der Waals surface area (Å²) in [6.45, 7) is 2.61. The highest BCUT2D eigenvalue weighted by Gasteiger charge is 2.31. The number of benzene rings is 2. The van der Waals surface area contributed by atoms with Gasteiger partial charge in [-0.2, -0.15) is 13.2 Å². The molecule has 0 spiro atoms. The molecule has 2 aromatic rings. The van der Waals surface area contributed by atoms with E-state index in [1.54, 1.807) is 15.9 Å². The fourth-order valence-electron chi connectivity index (χ4n) is 3.51.